The number of alkyl halides is 3. The molecular weight excluding hydrogens is 297 g/mol. The third-order valence-electron chi connectivity index (χ3n) is 2.62. The molecule has 1 atom stereocenters. The summed E-state index contributed by atoms with van der Waals surface area (Å²) in [7, 11) is 0. The van der Waals surface area contributed by atoms with Crippen molar-refractivity contribution in [1.29, 1.82) is 0 Å². The molecule has 0 saturated heterocycles. The maximum absolute atomic E-state index is 11.8. The number of benzene rings is 1. The minimum absolute atomic E-state index is 0.128. The van der Waals surface area contributed by atoms with Crippen molar-refractivity contribution in [2.24, 2.45) is 0 Å². The first-order chi connectivity index (χ1) is 9.29. The van der Waals surface area contributed by atoms with Crippen molar-refractivity contribution in [2.75, 3.05) is 13.2 Å². The second kappa shape index (κ2) is 7.50. The summed E-state index contributed by atoms with van der Waals surface area (Å²) in [6.07, 6.45) is -3.92. The fraction of sp³-hybridized carbons (Fsp3) is 0.462. The van der Waals surface area contributed by atoms with Gasteiger partial charge in [-0.1, -0.05) is 23.7 Å². The molecule has 7 heteroatoms. The Morgan fingerprint density at radius 2 is 1.90 bits per heavy atom. The molecule has 1 aromatic rings. The van der Waals surface area contributed by atoms with Gasteiger partial charge in [-0.05, 0) is 30.5 Å². The molecule has 0 heterocycles. The summed E-state index contributed by atoms with van der Waals surface area (Å²) in [5, 5.41) is 9.62. The van der Waals surface area contributed by atoms with E-state index in [1.165, 1.54) is 0 Å². The zero-order chi connectivity index (χ0) is 15.2. The number of hydrogen-bond acceptors (Lipinski definition) is 2. The first-order valence-corrected chi connectivity index (χ1v) is 6.30. The fourth-order valence-electron chi connectivity index (χ4n) is 1.71. The zero-order valence-electron chi connectivity index (χ0n) is 10.5. The summed E-state index contributed by atoms with van der Waals surface area (Å²) in [5.41, 5.74) is 0.567. The Kier molecular flexibility index (Phi) is 6.29. The Hall–Kier alpha value is -1.27. The lowest BCUT2D eigenvalue weighted by molar-refractivity contribution is -0.174. The molecule has 0 bridgehead atoms. The maximum Gasteiger partial charge on any atom is 0.411 e. The van der Waals surface area contributed by atoms with Crippen LogP contribution in [0.5, 0.6) is 0 Å². The molecular formula is C13H14ClF3O3. The lowest BCUT2D eigenvalue weighted by atomic mass is 9.94. The van der Waals surface area contributed by atoms with Crippen LogP contribution < -0.4 is 0 Å². The molecule has 0 amide bonds. The van der Waals surface area contributed by atoms with E-state index in [4.69, 9.17) is 16.7 Å². The van der Waals surface area contributed by atoms with Gasteiger partial charge in [0, 0.05) is 11.6 Å². The van der Waals surface area contributed by atoms with Crippen LogP contribution in [0.15, 0.2) is 24.3 Å². The molecule has 0 aliphatic carbocycles. The second-order valence-corrected chi connectivity index (χ2v) is 4.69. The highest BCUT2D eigenvalue weighted by Crippen LogP contribution is 2.23. The molecule has 3 nitrogen and oxygen atoms in total. The van der Waals surface area contributed by atoms with Gasteiger partial charge in [-0.15, -0.1) is 0 Å². The summed E-state index contributed by atoms with van der Waals surface area (Å²) in [5.74, 6) is -1.80. The smallest absolute Gasteiger partial charge is 0.411 e. The van der Waals surface area contributed by atoms with E-state index in [1.54, 1.807) is 24.3 Å². The summed E-state index contributed by atoms with van der Waals surface area (Å²) >= 11 is 5.71. The van der Waals surface area contributed by atoms with Gasteiger partial charge in [0.2, 0.25) is 0 Å². The Morgan fingerprint density at radius 1 is 1.30 bits per heavy atom. The van der Waals surface area contributed by atoms with Crippen LogP contribution in [0.25, 0.3) is 0 Å². The Balaban J connectivity index is 2.45. The fourth-order valence-corrected chi connectivity index (χ4v) is 1.83. The number of aliphatic carboxylic acids is 1. The van der Waals surface area contributed by atoms with E-state index in [1.807, 2.05) is 0 Å². The number of carbonyl (C=O) groups is 1. The van der Waals surface area contributed by atoms with Gasteiger partial charge in [0.25, 0.3) is 0 Å². The molecule has 0 aliphatic heterocycles. The van der Waals surface area contributed by atoms with Crippen molar-refractivity contribution in [3.63, 3.8) is 0 Å². The van der Waals surface area contributed by atoms with Crippen LogP contribution in [0.1, 0.15) is 24.3 Å². The van der Waals surface area contributed by atoms with Gasteiger partial charge in [-0.25, -0.2) is 0 Å². The lowest BCUT2D eigenvalue weighted by Gasteiger charge is -2.13. The van der Waals surface area contributed by atoms with Crippen LogP contribution in [0.4, 0.5) is 13.2 Å². The van der Waals surface area contributed by atoms with Gasteiger partial charge in [-0.3, -0.25) is 4.79 Å². The van der Waals surface area contributed by atoms with E-state index in [9.17, 15) is 18.0 Å². The van der Waals surface area contributed by atoms with Gasteiger partial charge in [0.05, 0.1) is 5.92 Å². The molecule has 1 aromatic carbocycles. The van der Waals surface area contributed by atoms with Crippen LogP contribution in [0.3, 0.4) is 0 Å². The third kappa shape index (κ3) is 6.25. The molecule has 0 aliphatic rings. The molecule has 0 spiro atoms. The van der Waals surface area contributed by atoms with Crippen LogP contribution in [-0.2, 0) is 9.53 Å². The second-order valence-electron chi connectivity index (χ2n) is 4.25. The monoisotopic (exact) mass is 310 g/mol. The van der Waals surface area contributed by atoms with E-state index in [0.717, 1.165) is 0 Å². The van der Waals surface area contributed by atoms with Crippen molar-refractivity contribution in [2.45, 2.75) is 24.9 Å². The van der Waals surface area contributed by atoms with Gasteiger partial charge in [0.15, 0.2) is 0 Å². The molecule has 0 fully saturated rings. The molecule has 20 heavy (non-hydrogen) atoms. The average molecular weight is 311 g/mol. The maximum atomic E-state index is 11.8. The molecule has 112 valence electrons. The van der Waals surface area contributed by atoms with E-state index >= 15 is 0 Å². The Morgan fingerprint density at radius 3 is 2.40 bits per heavy atom. The lowest BCUT2D eigenvalue weighted by Crippen LogP contribution is -2.18. The molecule has 0 aromatic heterocycles. The van der Waals surface area contributed by atoms with Gasteiger partial charge in [-0.2, -0.15) is 13.2 Å². The van der Waals surface area contributed by atoms with Crippen LogP contribution >= 0.6 is 11.6 Å². The van der Waals surface area contributed by atoms with Gasteiger partial charge in [0.1, 0.15) is 6.61 Å². The summed E-state index contributed by atoms with van der Waals surface area (Å²) in [6.45, 7) is -1.44. The Bertz CT molecular complexity index is 431. The minimum Gasteiger partial charge on any atom is -0.481 e. The molecule has 0 radical (unpaired) electrons. The van der Waals surface area contributed by atoms with Gasteiger partial charge < -0.3 is 9.84 Å². The highest BCUT2D eigenvalue weighted by atomic mass is 35.5. The first kappa shape index (κ1) is 16.8. The molecule has 1 unspecified atom stereocenters. The highest BCUT2D eigenvalue weighted by Gasteiger charge is 2.27. The normalized spacial score (nSPS) is 13.2. The summed E-state index contributed by atoms with van der Waals surface area (Å²) < 4.78 is 40.0. The quantitative estimate of drug-likeness (QED) is 0.778. The first-order valence-electron chi connectivity index (χ1n) is 5.92. The topological polar surface area (TPSA) is 46.5 Å². The van der Waals surface area contributed by atoms with Crippen molar-refractivity contribution in [3.05, 3.63) is 34.9 Å². The van der Waals surface area contributed by atoms with Crippen molar-refractivity contribution >= 4 is 17.6 Å². The predicted octanol–water partition coefficient (Wildman–Crippen LogP) is 3.87. The van der Waals surface area contributed by atoms with Crippen molar-refractivity contribution in [1.82, 2.24) is 0 Å². The van der Waals surface area contributed by atoms with Crippen LogP contribution in [-0.4, -0.2) is 30.5 Å². The summed E-state index contributed by atoms with van der Waals surface area (Å²) in [4.78, 5) is 11.2. The Labute approximate surface area is 119 Å². The highest BCUT2D eigenvalue weighted by molar-refractivity contribution is 6.30. The minimum atomic E-state index is -4.36. The number of halogens is 4. The third-order valence-corrected chi connectivity index (χ3v) is 2.87. The van der Waals surface area contributed by atoms with Gasteiger partial charge >= 0.3 is 12.1 Å². The van der Waals surface area contributed by atoms with E-state index in [0.29, 0.717) is 10.6 Å². The van der Waals surface area contributed by atoms with E-state index in [2.05, 4.69) is 4.74 Å². The molecule has 1 N–H and O–H groups in total. The molecule has 0 saturated carbocycles. The van der Waals surface area contributed by atoms with E-state index < -0.39 is 24.7 Å². The predicted molar refractivity (Wildman–Crippen MR) is 67.9 cm³/mol. The van der Waals surface area contributed by atoms with Crippen LogP contribution in [0, 0.1) is 0 Å². The van der Waals surface area contributed by atoms with E-state index in [-0.39, 0.29) is 19.4 Å². The number of ether oxygens (including phenoxy) is 1. The van der Waals surface area contributed by atoms with Crippen molar-refractivity contribution < 1.29 is 27.8 Å². The average Bonchev–Trinajstić information content (AvgIpc) is 2.33. The number of hydrogen-bond donors (Lipinski definition) is 1. The summed E-state index contributed by atoms with van der Waals surface area (Å²) in [6, 6.07) is 6.34. The zero-order valence-corrected chi connectivity index (χ0v) is 11.2. The standard InChI is InChI=1S/C13H14ClF3O3/c14-10-5-3-9(4-6-10)11(12(18)19)2-1-7-20-8-13(15,16)17/h3-6,11H,1-2,7-8H2,(H,18,19). The number of carboxylic acids is 1. The molecule has 1 rings (SSSR count). The number of rotatable bonds is 7. The SMILES string of the molecule is O=C(O)C(CCCOCC(F)(F)F)c1ccc(Cl)cc1. The van der Waals surface area contributed by atoms with Crippen molar-refractivity contribution in [3.8, 4) is 0 Å². The van der Waals surface area contributed by atoms with Crippen LogP contribution in [0.2, 0.25) is 5.02 Å². The number of carboxylic acid groups (broad SMARTS) is 1. The largest absolute Gasteiger partial charge is 0.481 e.